The van der Waals surface area contributed by atoms with Crippen molar-refractivity contribution in [3.8, 4) is 0 Å². The molecule has 1 saturated carbocycles. The van der Waals surface area contributed by atoms with Crippen LogP contribution in [0, 0.1) is 18.3 Å². The molecular weight excluding hydrogens is 328 g/mol. The van der Waals surface area contributed by atoms with Crippen LogP contribution in [0.5, 0.6) is 0 Å². The molecule has 26 heavy (non-hydrogen) atoms. The molecule has 1 saturated heterocycles. The summed E-state index contributed by atoms with van der Waals surface area (Å²) >= 11 is 0. The second-order valence-corrected chi connectivity index (χ2v) is 7.47. The highest BCUT2D eigenvalue weighted by Gasteiger charge is 2.51. The van der Waals surface area contributed by atoms with Gasteiger partial charge >= 0.3 is 0 Å². The third-order valence-electron chi connectivity index (χ3n) is 5.67. The first-order valence-corrected chi connectivity index (χ1v) is 9.23. The number of nitrogens with zero attached hydrogens (tertiary/aromatic N) is 4. The number of carbonyl (C=O) groups is 1. The van der Waals surface area contributed by atoms with Gasteiger partial charge in [-0.15, -0.1) is 0 Å². The summed E-state index contributed by atoms with van der Waals surface area (Å²) in [5, 5.41) is 0. The normalized spacial score (nSPS) is 24.7. The van der Waals surface area contributed by atoms with Crippen molar-refractivity contribution in [3.05, 3.63) is 53.9 Å². The fraction of sp³-hybridized carbons (Fsp3) is 0.500. The number of likely N-dealkylation sites (tertiary alicyclic amines) is 1. The average Bonchev–Trinajstić information content (AvgIpc) is 3.19. The summed E-state index contributed by atoms with van der Waals surface area (Å²) in [7, 11) is 0. The molecule has 2 atom stereocenters. The Kier molecular flexibility index (Phi) is 4.68. The maximum atomic E-state index is 12.7. The van der Waals surface area contributed by atoms with Crippen LogP contribution in [0.1, 0.15) is 41.3 Å². The first-order chi connectivity index (χ1) is 12.7. The number of hydrogen-bond donors (Lipinski definition) is 0. The predicted molar refractivity (Wildman–Crippen MR) is 96.3 cm³/mol. The molecule has 6 nitrogen and oxygen atoms in total. The summed E-state index contributed by atoms with van der Waals surface area (Å²) in [5.41, 5.74) is 2.02. The molecule has 6 heteroatoms. The minimum Gasteiger partial charge on any atom is -0.375 e. The zero-order valence-electron chi connectivity index (χ0n) is 15.1. The second kappa shape index (κ2) is 7.11. The number of ether oxygens (including phenoxy) is 1. The molecule has 0 aromatic carbocycles. The van der Waals surface area contributed by atoms with E-state index in [9.17, 15) is 4.79 Å². The van der Waals surface area contributed by atoms with Crippen LogP contribution in [0.3, 0.4) is 0 Å². The van der Waals surface area contributed by atoms with Gasteiger partial charge in [0.05, 0.1) is 18.9 Å². The molecule has 1 amide bonds. The van der Waals surface area contributed by atoms with Gasteiger partial charge in [-0.1, -0.05) is 12.5 Å². The van der Waals surface area contributed by atoms with Crippen molar-refractivity contribution in [2.24, 2.45) is 11.3 Å². The molecule has 1 aliphatic heterocycles. The smallest absolute Gasteiger partial charge is 0.291 e. The molecule has 136 valence electrons. The van der Waals surface area contributed by atoms with E-state index in [0.717, 1.165) is 37.3 Å². The van der Waals surface area contributed by atoms with Crippen LogP contribution < -0.4 is 0 Å². The SMILES string of the molecule is Cc1cccc(COC[C@]23CCC[C@H]2CN(C(=O)c2ncccn2)C3)n1. The molecule has 0 N–H and O–H groups in total. The van der Waals surface area contributed by atoms with Crippen LogP contribution in [-0.2, 0) is 11.3 Å². The van der Waals surface area contributed by atoms with Crippen molar-refractivity contribution < 1.29 is 9.53 Å². The molecule has 2 aromatic rings. The standard InChI is InChI=1S/C20H24N4O2/c1-15-5-2-7-17(23-15)12-26-14-20-8-3-6-16(20)11-24(13-20)19(25)18-21-9-4-10-22-18/h2,4-5,7,9-10,16H,3,6,8,11-14H2,1H3/t16-,20+/m0/s1. The van der Waals surface area contributed by atoms with Crippen LogP contribution in [0.15, 0.2) is 36.7 Å². The van der Waals surface area contributed by atoms with Gasteiger partial charge in [-0.05, 0) is 43.9 Å². The van der Waals surface area contributed by atoms with Crippen LogP contribution in [-0.4, -0.2) is 45.5 Å². The first-order valence-electron chi connectivity index (χ1n) is 9.23. The van der Waals surface area contributed by atoms with Crippen molar-refractivity contribution in [2.75, 3.05) is 19.7 Å². The number of pyridine rings is 1. The van der Waals surface area contributed by atoms with Crippen LogP contribution >= 0.6 is 0 Å². The number of rotatable bonds is 5. The van der Waals surface area contributed by atoms with E-state index in [1.165, 1.54) is 6.42 Å². The molecule has 2 aromatic heterocycles. The zero-order valence-corrected chi connectivity index (χ0v) is 15.1. The van der Waals surface area contributed by atoms with Crippen molar-refractivity contribution in [1.82, 2.24) is 19.9 Å². The van der Waals surface area contributed by atoms with E-state index in [0.29, 0.717) is 19.1 Å². The summed E-state index contributed by atoms with van der Waals surface area (Å²) in [6.07, 6.45) is 6.71. The molecule has 2 aliphatic rings. The van der Waals surface area contributed by atoms with Gasteiger partial charge in [0.1, 0.15) is 0 Å². The summed E-state index contributed by atoms with van der Waals surface area (Å²) in [5.74, 6) is 0.716. The topological polar surface area (TPSA) is 68.2 Å². The summed E-state index contributed by atoms with van der Waals surface area (Å²) in [6, 6.07) is 7.72. The van der Waals surface area contributed by atoms with E-state index in [2.05, 4.69) is 15.0 Å². The summed E-state index contributed by atoms with van der Waals surface area (Å²) in [6.45, 7) is 4.69. The van der Waals surface area contributed by atoms with Crippen molar-refractivity contribution in [1.29, 1.82) is 0 Å². The van der Waals surface area contributed by atoms with E-state index in [-0.39, 0.29) is 17.1 Å². The van der Waals surface area contributed by atoms with Crippen molar-refractivity contribution in [2.45, 2.75) is 32.8 Å². The highest BCUT2D eigenvalue weighted by atomic mass is 16.5. The Morgan fingerprint density at radius 1 is 1.31 bits per heavy atom. The number of aromatic nitrogens is 3. The fourth-order valence-corrected chi connectivity index (χ4v) is 4.39. The number of aryl methyl sites for hydroxylation is 1. The minimum atomic E-state index is -0.0697. The van der Waals surface area contributed by atoms with Crippen LogP contribution in [0.25, 0.3) is 0 Å². The Labute approximate surface area is 153 Å². The number of fused-ring (bicyclic) bond motifs is 1. The van der Waals surface area contributed by atoms with Gasteiger partial charge in [-0.2, -0.15) is 0 Å². The van der Waals surface area contributed by atoms with Crippen molar-refractivity contribution in [3.63, 3.8) is 0 Å². The van der Waals surface area contributed by atoms with E-state index in [1.54, 1.807) is 18.5 Å². The third kappa shape index (κ3) is 3.33. The second-order valence-electron chi connectivity index (χ2n) is 7.47. The van der Waals surface area contributed by atoms with E-state index in [1.807, 2.05) is 30.0 Å². The lowest BCUT2D eigenvalue weighted by molar-refractivity contribution is 0.0251. The lowest BCUT2D eigenvalue weighted by atomic mass is 9.81. The molecular formula is C20H24N4O2. The molecule has 0 bridgehead atoms. The quantitative estimate of drug-likeness (QED) is 0.827. The van der Waals surface area contributed by atoms with E-state index in [4.69, 9.17) is 4.74 Å². The molecule has 4 rings (SSSR count). The molecule has 0 radical (unpaired) electrons. The molecule has 0 spiro atoms. The highest BCUT2D eigenvalue weighted by molar-refractivity contribution is 5.90. The predicted octanol–water partition coefficient (Wildman–Crippen LogP) is 2.64. The van der Waals surface area contributed by atoms with Crippen molar-refractivity contribution >= 4 is 5.91 Å². The fourth-order valence-electron chi connectivity index (χ4n) is 4.39. The van der Waals surface area contributed by atoms with Gasteiger partial charge in [0.25, 0.3) is 5.91 Å². The average molecular weight is 352 g/mol. The van der Waals surface area contributed by atoms with Gasteiger partial charge in [-0.25, -0.2) is 9.97 Å². The highest BCUT2D eigenvalue weighted by Crippen LogP contribution is 2.49. The first kappa shape index (κ1) is 17.1. The Hall–Kier alpha value is -2.34. The lowest BCUT2D eigenvalue weighted by Crippen LogP contribution is -2.35. The number of carbonyl (C=O) groups excluding carboxylic acids is 1. The van der Waals surface area contributed by atoms with Crippen LogP contribution in [0.4, 0.5) is 0 Å². The Balaban J connectivity index is 1.41. The maximum absolute atomic E-state index is 12.7. The molecule has 1 aliphatic carbocycles. The zero-order chi connectivity index (χ0) is 18.0. The van der Waals surface area contributed by atoms with Gasteiger partial charge in [0.15, 0.2) is 0 Å². The molecule has 3 heterocycles. The Bertz CT molecular complexity index is 782. The van der Waals surface area contributed by atoms with Crippen LogP contribution in [0.2, 0.25) is 0 Å². The van der Waals surface area contributed by atoms with E-state index < -0.39 is 0 Å². The number of amides is 1. The Morgan fingerprint density at radius 2 is 2.15 bits per heavy atom. The Morgan fingerprint density at radius 3 is 2.96 bits per heavy atom. The summed E-state index contributed by atoms with van der Waals surface area (Å²) < 4.78 is 6.07. The summed E-state index contributed by atoms with van der Waals surface area (Å²) in [4.78, 5) is 27.3. The third-order valence-corrected chi connectivity index (χ3v) is 5.67. The number of hydrogen-bond acceptors (Lipinski definition) is 5. The van der Waals surface area contributed by atoms with Gasteiger partial charge < -0.3 is 9.64 Å². The maximum Gasteiger partial charge on any atom is 0.291 e. The van der Waals surface area contributed by atoms with Gasteiger partial charge in [-0.3, -0.25) is 9.78 Å². The van der Waals surface area contributed by atoms with E-state index >= 15 is 0 Å². The lowest BCUT2D eigenvalue weighted by Gasteiger charge is -2.28. The monoisotopic (exact) mass is 352 g/mol. The molecule has 2 fully saturated rings. The molecule has 0 unspecified atom stereocenters. The van der Waals surface area contributed by atoms with Gasteiger partial charge in [0, 0.05) is 36.6 Å². The largest absolute Gasteiger partial charge is 0.375 e. The van der Waals surface area contributed by atoms with Gasteiger partial charge in [0.2, 0.25) is 5.82 Å². The minimum absolute atomic E-state index is 0.0638.